The number of carbonyl (C=O) groups excluding carboxylic acids is 1. The molecule has 1 atom stereocenters. The van der Waals surface area contributed by atoms with Crippen LogP contribution in [0.15, 0.2) is 34.9 Å². The van der Waals surface area contributed by atoms with Crippen LogP contribution in [0.3, 0.4) is 0 Å². The summed E-state index contributed by atoms with van der Waals surface area (Å²) in [4.78, 5) is 18.8. The number of hydrogen-bond donors (Lipinski definition) is 0. The third kappa shape index (κ3) is 2.37. The molecule has 6 nitrogen and oxygen atoms in total. The van der Waals surface area contributed by atoms with Gasteiger partial charge in [-0.15, -0.1) is 0 Å². The van der Waals surface area contributed by atoms with E-state index in [9.17, 15) is 4.79 Å². The van der Waals surface area contributed by atoms with Crippen LogP contribution in [0.4, 0.5) is 0 Å². The molecule has 0 N–H and O–H groups in total. The van der Waals surface area contributed by atoms with E-state index in [1.54, 1.807) is 0 Å². The normalized spacial score (nSPS) is 18.7. The number of fused-ring (bicyclic) bond motifs is 1. The number of aromatic nitrogens is 3. The highest BCUT2D eigenvalue weighted by Gasteiger charge is 2.29. The molecule has 112 valence electrons. The van der Waals surface area contributed by atoms with Crippen molar-refractivity contribution >= 4 is 28.7 Å². The summed E-state index contributed by atoms with van der Waals surface area (Å²) in [6.45, 7) is 1.36. The van der Waals surface area contributed by atoms with Crippen LogP contribution in [-0.4, -0.2) is 37.6 Å². The highest BCUT2D eigenvalue weighted by Crippen LogP contribution is 2.29. The minimum absolute atomic E-state index is 0.0606. The van der Waals surface area contributed by atoms with Crippen LogP contribution in [-0.2, 0) is 0 Å². The fourth-order valence-electron chi connectivity index (χ4n) is 2.85. The van der Waals surface area contributed by atoms with Crippen LogP contribution in [0, 0.1) is 0 Å². The molecule has 4 rings (SSSR count). The van der Waals surface area contributed by atoms with Crippen molar-refractivity contribution < 1.29 is 9.21 Å². The molecule has 0 radical (unpaired) electrons. The van der Waals surface area contributed by atoms with Crippen LogP contribution < -0.4 is 0 Å². The van der Waals surface area contributed by atoms with Crippen LogP contribution in [0.5, 0.6) is 0 Å². The van der Waals surface area contributed by atoms with E-state index in [4.69, 9.17) is 4.42 Å². The third-order valence-electron chi connectivity index (χ3n) is 3.95. The topological polar surface area (TPSA) is 72.1 Å². The Bertz CT molecular complexity index is 766. The first-order valence-electron chi connectivity index (χ1n) is 7.23. The van der Waals surface area contributed by atoms with Crippen LogP contribution in [0.2, 0.25) is 0 Å². The number of nitrogens with zero attached hydrogens (tertiary/aromatic N) is 4. The Labute approximate surface area is 131 Å². The molecule has 1 saturated heterocycles. The summed E-state index contributed by atoms with van der Waals surface area (Å²) in [5.74, 6) is 0.793. The minimum atomic E-state index is -0.0606. The summed E-state index contributed by atoms with van der Waals surface area (Å²) in [5, 5.41) is 0. The molecule has 0 bridgehead atoms. The van der Waals surface area contributed by atoms with Crippen molar-refractivity contribution in [1.82, 2.24) is 18.6 Å². The van der Waals surface area contributed by atoms with Gasteiger partial charge in [-0.1, -0.05) is 12.1 Å². The van der Waals surface area contributed by atoms with Crippen molar-refractivity contribution in [2.75, 3.05) is 13.1 Å². The SMILES string of the molecule is O=C(c1cnsn1)N1CCC[C@H](c2nc3ccccc3o2)C1. The van der Waals surface area contributed by atoms with Gasteiger partial charge in [0.25, 0.3) is 5.91 Å². The van der Waals surface area contributed by atoms with E-state index in [0.717, 1.165) is 48.1 Å². The Morgan fingerprint density at radius 1 is 1.36 bits per heavy atom. The molecule has 0 aliphatic carbocycles. The van der Waals surface area contributed by atoms with Gasteiger partial charge in [0.1, 0.15) is 5.52 Å². The molecule has 1 aliphatic rings. The predicted molar refractivity (Wildman–Crippen MR) is 81.8 cm³/mol. The van der Waals surface area contributed by atoms with Crippen molar-refractivity contribution in [2.24, 2.45) is 0 Å². The van der Waals surface area contributed by atoms with Crippen molar-refractivity contribution in [3.8, 4) is 0 Å². The smallest absolute Gasteiger partial charge is 0.275 e. The highest BCUT2D eigenvalue weighted by atomic mass is 32.1. The molecule has 1 amide bonds. The molecule has 7 heteroatoms. The summed E-state index contributed by atoms with van der Waals surface area (Å²) in [6.07, 6.45) is 3.44. The van der Waals surface area contributed by atoms with Gasteiger partial charge in [-0.05, 0) is 25.0 Å². The fourth-order valence-corrected chi connectivity index (χ4v) is 3.26. The Kier molecular flexibility index (Phi) is 3.34. The van der Waals surface area contributed by atoms with Gasteiger partial charge in [0, 0.05) is 13.1 Å². The van der Waals surface area contributed by atoms with E-state index in [-0.39, 0.29) is 11.8 Å². The van der Waals surface area contributed by atoms with E-state index in [0.29, 0.717) is 12.2 Å². The number of amides is 1. The quantitative estimate of drug-likeness (QED) is 0.727. The molecule has 1 aliphatic heterocycles. The zero-order chi connectivity index (χ0) is 14.9. The first-order chi connectivity index (χ1) is 10.8. The maximum Gasteiger partial charge on any atom is 0.275 e. The summed E-state index contributed by atoms with van der Waals surface area (Å²) in [6, 6.07) is 7.73. The van der Waals surface area contributed by atoms with Crippen LogP contribution >= 0.6 is 11.7 Å². The number of benzene rings is 1. The van der Waals surface area contributed by atoms with Gasteiger partial charge in [-0.25, -0.2) is 4.98 Å². The van der Waals surface area contributed by atoms with Gasteiger partial charge in [-0.3, -0.25) is 4.79 Å². The molecule has 0 saturated carbocycles. The number of likely N-dealkylation sites (tertiary alicyclic amines) is 1. The second-order valence-corrected chi connectivity index (χ2v) is 5.96. The van der Waals surface area contributed by atoms with Gasteiger partial charge in [0.15, 0.2) is 17.2 Å². The second kappa shape index (κ2) is 5.49. The van der Waals surface area contributed by atoms with Crippen molar-refractivity contribution in [2.45, 2.75) is 18.8 Å². The first kappa shape index (κ1) is 13.4. The Morgan fingerprint density at radius 3 is 3.09 bits per heavy atom. The van der Waals surface area contributed by atoms with Crippen molar-refractivity contribution in [1.29, 1.82) is 0 Å². The van der Waals surface area contributed by atoms with E-state index in [2.05, 4.69) is 13.7 Å². The maximum absolute atomic E-state index is 12.4. The lowest BCUT2D eigenvalue weighted by molar-refractivity contribution is 0.0694. The summed E-state index contributed by atoms with van der Waals surface area (Å²) < 4.78 is 13.8. The predicted octanol–water partition coefficient (Wildman–Crippen LogP) is 2.70. The fraction of sp³-hybridized carbons (Fsp3) is 0.333. The lowest BCUT2D eigenvalue weighted by Crippen LogP contribution is -2.39. The van der Waals surface area contributed by atoms with E-state index >= 15 is 0 Å². The zero-order valence-corrected chi connectivity index (χ0v) is 12.6. The maximum atomic E-state index is 12.4. The monoisotopic (exact) mass is 314 g/mol. The van der Waals surface area contributed by atoms with Gasteiger partial charge in [0.2, 0.25) is 0 Å². The average Bonchev–Trinajstić information content (AvgIpc) is 3.23. The Morgan fingerprint density at radius 2 is 2.27 bits per heavy atom. The molecule has 0 spiro atoms. The van der Waals surface area contributed by atoms with Gasteiger partial charge in [-0.2, -0.15) is 8.75 Å². The summed E-state index contributed by atoms with van der Waals surface area (Å²) in [7, 11) is 0. The van der Waals surface area contributed by atoms with Crippen LogP contribution in [0.1, 0.15) is 35.1 Å². The van der Waals surface area contributed by atoms with Gasteiger partial charge in [0.05, 0.1) is 23.8 Å². The van der Waals surface area contributed by atoms with Gasteiger partial charge >= 0.3 is 0 Å². The number of rotatable bonds is 2. The van der Waals surface area contributed by atoms with E-state index in [1.807, 2.05) is 29.2 Å². The molecule has 3 heterocycles. The molecule has 0 unspecified atom stereocenters. The second-order valence-electron chi connectivity index (χ2n) is 5.40. The molecule has 1 aromatic carbocycles. The minimum Gasteiger partial charge on any atom is -0.440 e. The number of piperidine rings is 1. The molecular weight excluding hydrogens is 300 g/mol. The number of hydrogen-bond acceptors (Lipinski definition) is 6. The highest BCUT2D eigenvalue weighted by molar-refractivity contribution is 6.99. The zero-order valence-electron chi connectivity index (χ0n) is 11.8. The van der Waals surface area contributed by atoms with Crippen molar-refractivity contribution in [3.63, 3.8) is 0 Å². The lowest BCUT2D eigenvalue weighted by Gasteiger charge is -2.30. The van der Waals surface area contributed by atoms with Crippen LogP contribution in [0.25, 0.3) is 11.1 Å². The van der Waals surface area contributed by atoms with Crippen molar-refractivity contribution in [3.05, 3.63) is 42.0 Å². The summed E-state index contributed by atoms with van der Waals surface area (Å²) >= 11 is 1.05. The summed E-state index contributed by atoms with van der Waals surface area (Å²) in [5.41, 5.74) is 2.08. The van der Waals surface area contributed by atoms with Gasteiger partial charge < -0.3 is 9.32 Å². The molecule has 2 aromatic heterocycles. The lowest BCUT2D eigenvalue weighted by atomic mass is 9.98. The Balaban J connectivity index is 1.56. The number of oxazole rings is 1. The number of carbonyl (C=O) groups is 1. The largest absolute Gasteiger partial charge is 0.440 e. The molecule has 1 fully saturated rings. The van der Waals surface area contributed by atoms with E-state index in [1.165, 1.54) is 6.20 Å². The Hall–Kier alpha value is -2.28. The average molecular weight is 314 g/mol. The first-order valence-corrected chi connectivity index (χ1v) is 7.96. The molecule has 22 heavy (non-hydrogen) atoms. The van der Waals surface area contributed by atoms with E-state index < -0.39 is 0 Å². The molecular formula is C15H14N4O2S. The third-order valence-corrected chi connectivity index (χ3v) is 4.43. The standard InChI is InChI=1S/C15H14N4O2S/c20-15(12-8-16-22-18-12)19-7-3-4-10(9-19)14-17-11-5-1-2-6-13(11)21-14/h1-2,5-6,8,10H,3-4,7,9H2/t10-/m0/s1. The number of para-hydroxylation sites is 2. The molecule has 3 aromatic rings.